The summed E-state index contributed by atoms with van der Waals surface area (Å²) in [7, 11) is 0. The number of nitrogens with one attached hydrogen (secondary N) is 2. The summed E-state index contributed by atoms with van der Waals surface area (Å²) in [5, 5.41) is 7.04. The topological polar surface area (TPSA) is 84.5 Å². The van der Waals surface area contributed by atoms with Crippen molar-refractivity contribution in [1.82, 2.24) is 0 Å². The van der Waals surface area contributed by atoms with E-state index in [9.17, 15) is 14.4 Å². The average molecular weight is 332 g/mol. The Hall–Kier alpha value is -2.67. The van der Waals surface area contributed by atoms with Gasteiger partial charge in [-0.15, -0.1) is 11.3 Å². The highest BCUT2D eigenvalue weighted by Gasteiger charge is 2.19. The monoisotopic (exact) mass is 332 g/mol. The lowest BCUT2D eigenvalue weighted by Gasteiger charge is -2.13. The molecule has 0 radical (unpaired) electrons. The van der Waals surface area contributed by atoms with Gasteiger partial charge in [-0.05, 0) is 42.6 Å². The molecular weight excluding hydrogens is 316 g/mol. The van der Waals surface area contributed by atoms with Crippen LogP contribution in [0.1, 0.15) is 23.5 Å². The maximum atomic E-state index is 12.0. The second-order valence-electron chi connectivity index (χ2n) is 4.77. The highest BCUT2D eigenvalue weighted by molar-refractivity contribution is 7.11. The zero-order valence-electron chi connectivity index (χ0n) is 12.7. The van der Waals surface area contributed by atoms with Crippen molar-refractivity contribution in [2.75, 3.05) is 10.6 Å². The Bertz CT molecular complexity index is 695. The first kappa shape index (κ1) is 16.7. The fourth-order valence-electron chi connectivity index (χ4n) is 1.75. The van der Waals surface area contributed by atoms with Crippen molar-refractivity contribution >= 4 is 40.5 Å². The number of hydrogen-bond donors (Lipinski definition) is 2. The summed E-state index contributed by atoms with van der Waals surface area (Å²) in [5.41, 5.74) is 1.18. The predicted octanol–water partition coefficient (Wildman–Crippen LogP) is 2.89. The lowest BCUT2D eigenvalue weighted by Crippen LogP contribution is -2.29. The molecule has 1 heterocycles. The van der Waals surface area contributed by atoms with Gasteiger partial charge in [0.2, 0.25) is 5.91 Å². The van der Waals surface area contributed by atoms with Crippen LogP contribution in [0.25, 0.3) is 0 Å². The van der Waals surface area contributed by atoms with E-state index in [0.29, 0.717) is 16.3 Å². The minimum absolute atomic E-state index is 0.170. The summed E-state index contributed by atoms with van der Waals surface area (Å²) in [6.07, 6.45) is -0.917. The molecule has 0 aliphatic heterocycles. The Labute approximate surface area is 137 Å². The summed E-state index contributed by atoms with van der Waals surface area (Å²) in [6.45, 7) is 2.92. The predicted molar refractivity (Wildman–Crippen MR) is 88.6 cm³/mol. The molecule has 7 heteroatoms. The van der Waals surface area contributed by atoms with Crippen LogP contribution in [0.3, 0.4) is 0 Å². The molecule has 0 aliphatic carbocycles. The Morgan fingerprint density at radius 1 is 1.04 bits per heavy atom. The van der Waals surface area contributed by atoms with Crippen molar-refractivity contribution in [2.24, 2.45) is 0 Å². The maximum Gasteiger partial charge on any atom is 0.349 e. The molecule has 2 rings (SSSR count). The first-order valence-electron chi connectivity index (χ1n) is 6.88. The molecule has 1 aromatic carbocycles. The van der Waals surface area contributed by atoms with Crippen LogP contribution in [0.4, 0.5) is 11.4 Å². The van der Waals surface area contributed by atoms with Crippen molar-refractivity contribution in [3.8, 4) is 0 Å². The maximum absolute atomic E-state index is 12.0. The van der Waals surface area contributed by atoms with Crippen LogP contribution in [0.5, 0.6) is 0 Å². The summed E-state index contributed by atoms with van der Waals surface area (Å²) < 4.78 is 5.11. The van der Waals surface area contributed by atoms with Gasteiger partial charge in [-0.25, -0.2) is 4.79 Å². The Morgan fingerprint density at radius 3 is 2.17 bits per heavy atom. The number of carbonyl (C=O) groups is 3. The SMILES string of the molecule is CC(=O)Nc1ccc(NC(=O)C(C)OC(=O)c2cccs2)cc1. The van der Waals surface area contributed by atoms with Gasteiger partial charge in [0, 0.05) is 18.3 Å². The van der Waals surface area contributed by atoms with E-state index >= 15 is 0 Å². The number of hydrogen-bond acceptors (Lipinski definition) is 5. The summed E-state index contributed by atoms with van der Waals surface area (Å²) in [6, 6.07) is 10.0. The van der Waals surface area contributed by atoms with Crippen molar-refractivity contribution in [3.05, 3.63) is 46.7 Å². The van der Waals surface area contributed by atoms with Gasteiger partial charge in [0.15, 0.2) is 6.10 Å². The first-order valence-corrected chi connectivity index (χ1v) is 7.76. The second kappa shape index (κ2) is 7.55. The quantitative estimate of drug-likeness (QED) is 0.825. The third kappa shape index (κ3) is 4.93. The molecule has 120 valence electrons. The summed E-state index contributed by atoms with van der Waals surface area (Å²) in [4.78, 5) is 35.2. The minimum atomic E-state index is -0.917. The number of carbonyl (C=O) groups excluding carboxylic acids is 3. The highest BCUT2D eigenvalue weighted by atomic mass is 32.1. The Balaban J connectivity index is 1.90. The van der Waals surface area contributed by atoms with E-state index in [4.69, 9.17) is 4.74 Å². The fraction of sp³-hybridized carbons (Fsp3) is 0.188. The summed E-state index contributed by atoms with van der Waals surface area (Å²) in [5.74, 6) is -1.12. The van der Waals surface area contributed by atoms with Gasteiger partial charge in [0.25, 0.3) is 5.91 Å². The molecule has 1 aromatic heterocycles. The fourth-order valence-corrected chi connectivity index (χ4v) is 2.36. The Morgan fingerprint density at radius 2 is 1.65 bits per heavy atom. The molecule has 2 amide bonds. The standard InChI is InChI=1S/C16H16N2O4S/c1-10(22-16(21)14-4-3-9-23-14)15(20)18-13-7-5-12(6-8-13)17-11(2)19/h3-10H,1-2H3,(H,17,19)(H,18,20). The summed E-state index contributed by atoms with van der Waals surface area (Å²) >= 11 is 1.25. The van der Waals surface area contributed by atoms with Crippen LogP contribution >= 0.6 is 11.3 Å². The van der Waals surface area contributed by atoms with Gasteiger partial charge >= 0.3 is 5.97 Å². The number of thiophene rings is 1. The molecule has 0 spiro atoms. The van der Waals surface area contributed by atoms with Crippen LogP contribution in [-0.2, 0) is 14.3 Å². The van der Waals surface area contributed by atoms with E-state index < -0.39 is 18.0 Å². The number of ether oxygens (including phenoxy) is 1. The smallest absolute Gasteiger partial charge is 0.349 e. The van der Waals surface area contributed by atoms with Crippen LogP contribution in [0.2, 0.25) is 0 Å². The molecule has 0 aliphatic rings. The molecule has 6 nitrogen and oxygen atoms in total. The first-order chi connectivity index (χ1) is 11.0. The number of esters is 1. The molecule has 0 saturated carbocycles. The van der Waals surface area contributed by atoms with Crippen molar-refractivity contribution in [3.63, 3.8) is 0 Å². The van der Waals surface area contributed by atoms with Crippen LogP contribution in [-0.4, -0.2) is 23.9 Å². The van der Waals surface area contributed by atoms with Crippen molar-refractivity contribution < 1.29 is 19.1 Å². The molecule has 2 aromatic rings. The zero-order chi connectivity index (χ0) is 16.8. The average Bonchev–Trinajstić information content (AvgIpc) is 3.03. The molecule has 0 bridgehead atoms. The van der Waals surface area contributed by atoms with Gasteiger partial charge in [-0.2, -0.15) is 0 Å². The molecule has 0 saturated heterocycles. The lowest BCUT2D eigenvalue weighted by atomic mass is 10.2. The van der Waals surface area contributed by atoms with Crippen molar-refractivity contribution in [2.45, 2.75) is 20.0 Å². The zero-order valence-corrected chi connectivity index (χ0v) is 13.5. The minimum Gasteiger partial charge on any atom is -0.448 e. The molecule has 23 heavy (non-hydrogen) atoms. The number of anilines is 2. The van der Waals surface area contributed by atoms with E-state index in [1.165, 1.54) is 25.2 Å². The molecule has 2 N–H and O–H groups in total. The van der Waals surface area contributed by atoms with Crippen LogP contribution in [0, 0.1) is 0 Å². The molecular formula is C16H16N2O4S. The second-order valence-corrected chi connectivity index (χ2v) is 5.72. The number of rotatable bonds is 5. The van der Waals surface area contributed by atoms with E-state index in [-0.39, 0.29) is 5.91 Å². The largest absolute Gasteiger partial charge is 0.448 e. The van der Waals surface area contributed by atoms with E-state index in [2.05, 4.69) is 10.6 Å². The Kier molecular flexibility index (Phi) is 5.48. The normalized spacial score (nSPS) is 11.4. The van der Waals surface area contributed by atoms with Gasteiger partial charge < -0.3 is 15.4 Å². The van der Waals surface area contributed by atoms with Crippen LogP contribution in [0.15, 0.2) is 41.8 Å². The van der Waals surface area contributed by atoms with Crippen LogP contribution < -0.4 is 10.6 Å². The molecule has 1 atom stereocenters. The third-order valence-corrected chi connectivity index (χ3v) is 3.70. The van der Waals surface area contributed by atoms with E-state index in [0.717, 1.165) is 0 Å². The van der Waals surface area contributed by atoms with E-state index in [1.807, 2.05) is 0 Å². The van der Waals surface area contributed by atoms with Gasteiger partial charge in [-0.1, -0.05) is 6.07 Å². The third-order valence-electron chi connectivity index (χ3n) is 2.85. The van der Waals surface area contributed by atoms with Crippen molar-refractivity contribution in [1.29, 1.82) is 0 Å². The molecule has 1 unspecified atom stereocenters. The van der Waals surface area contributed by atoms with E-state index in [1.54, 1.807) is 41.8 Å². The number of amides is 2. The highest BCUT2D eigenvalue weighted by Crippen LogP contribution is 2.15. The number of benzene rings is 1. The van der Waals surface area contributed by atoms with Gasteiger partial charge in [-0.3, -0.25) is 9.59 Å². The lowest BCUT2D eigenvalue weighted by molar-refractivity contribution is -0.123. The van der Waals surface area contributed by atoms with Gasteiger partial charge in [0.1, 0.15) is 4.88 Å². The molecule has 0 fully saturated rings. The van der Waals surface area contributed by atoms with Gasteiger partial charge in [0.05, 0.1) is 0 Å².